The first kappa shape index (κ1) is 21.8. The number of sulfonamides is 1. The van der Waals surface area contributed by atoms with Gasteiger partial charge in [-0.2, -0.15) is 0 Å². The number of carbonyl (C=O) groups is 1. The molecule has 1 heterocycles. The fraction of sp³-hybridized carbons (Fsp3) is 0.174. The number of rotatable bonds is 6. The van der Waals surface area contributed by atoms with E-state index in [1.807, 2.05) is 12.1 Å². The zero-order chi connectivity index (χ0) is 22.9. The monoisotopic (exact) mass is 458 g/mol. The number of anilines is 2. The normalized spacial score (nSPS) is 13.0. The molecule has 0 radical (unpaired) electrons. The van der Waals surface area contributed by atoms with E-state index in [0.717, 1.165) is 23.8 Å². The van der Waals surface area contributed by atoms with Crippen LogP contribution in [0.15, 0.2) is 65.6 Å². The molecule has 0 saturated carbocycles. The maximum Gasteiger partial charge on any atom is 0.264 e. The van der Waals surface area contributed by atoms with Gasteiger partial charge in [0.25, 0.3) is 15.9 Å². The van der Waals surface area contributed by atoms with Gasteiger partial charge in [-0.1, -0.05) is 18.2 Å². The van der Waals surface area contributed by atoms with E-state index < -0.39 is 34.2 Å². The van der Waals surface area contributed by atoms with Crippen molar-refractivity contribution in [2.45, 2.75) is 18.2 Å². The molecule has 0 saturated heterocycles. The molecule has 6 nitrogen and oxygen atoms in total. The first-order valence-corrected chi connectivity index (χ1v) is 11.3. The van der Waals surface area contributed by atoms with E-state index in [0.29, 0.717) is 30.0 Å². The second-order valence-electron chi connectivity index (χ2n) is 7.34. The zero-order valence-corrected chi connectivity index (χ0v) is 18.0. The Balaban J connectivity index is 1.45. The summed E-state index contributed by atoms with van der Waals surface area (Å²) in [5, 5.41) is 2.24. The lowest BCUT2D eigenvalue weighted by Gasteiger charge is -2.20. The number of nitrogens with one attached hydrogen (secondary N) is 1. The van der Waals surface area contributed by atoms with E-state index in [2.05, 4.69) is 5.32 Å². The third-order valence-electron chi connectivity index (χ3n) is 5.14. The zero-order valence-electron chi connectivity index (χ0n) is 17.1. The predicted octanol–water partition coefficient (Wildman–Crippen LogP) is 4.04. The van der Waals surface area contributed by atoms with E-state index in [4.69, 9.17) is 4.74 Å². The molecule has 0 aromatic heterocycles. The number of fused-ring (bicyclic) bond motifs is 1. The lowest BCUT2D eigenvalue weighted by atomic mass is 10.2. The van der Waals surface area contributed by atoms with Gasteiger partial charge in [-0.15, -0.1) is 0 Å². The highest BCUT2D eigenvalue weighted by molar-refractivity contribution is 7.92. The molecule has 1 aliphatic rings. The molecule has 9 heteroatoms. The van der Waals surface area contributed by atoms with Crippen LogP contribution in [0, 0.1) is 18.6 Å². The van der Waals surface area contributed by atoms with Gasteiger partial charge in [-0.3, -0.25) is 9.10 Å². The number of ether oxygens (including phenoxy) is 1. The Hall–Kier alpha value is -3.46. The van der Waals surface area contributed by atoms with Crippen molar-refractivity contribution in [1.82, 2.24) is 0 Å². The summed E-state index contributed by atoms with van der Waals surface area (Å²) in [5.74, 6) is -1.83. The summed E-state index contributed by atoms with van der Waals surface area (Å²) in [6.45, 7) is 1.58. The Morgan fingerprint density at radius 1 is 1.09 bits per heavy atom. The number of benzene rings is 3. The molecule has 0 fully saturated rings. The maximum absolute atomic E-state index is 13.7. The Bertz CT molecular complexity index is 1290. The second-order valence-corrected chi connectivity index (χ2v) is 9.21. The van der Waals surface area contributed by atoms with Crippen molar-refractivity contribution in [2.75, 3.05) is 22.8 Å². The summed E-state index contributed by atoms with van der Waals surface area (Å²) in [5.41, 5.74) is 1.88. The van der Waals surface area contributed by atoms with Crippen molar-refractivity contribution >= 4 is 27.3 Å². The van der Waals surface area contributed by atoms with Gasteiger partial charge in [-0.05, 0) is 60.9 Å². The molecular formula is C23H20F2N2O4S. The van der Waals surface area contributed by atoms with Crippen LogP contribution in [0.25, 0.3) is 0 Å². The van der Waals surface area contributed by atoms with Crippen molar-refractivity contribution in [2.24, 2.45) is 0 Å². The lowest BCUT2D eigenvalue weighted by Crippen LogP contribution is -2.29. The van der Waals surface area contributed by atoms with Gasteiger partial charge >= 0.3 is 0 Å². The smallest absolute Gasteiger partial charge is 0.264 e. The summed E-state index contributed by atoms with van der Waals surface area (Å²) in [6, 6.07) is 14.5. The average Bonchev–Trinajstić information content (AvgIpc) is 3.20. The number of carbonyl (C=O) groups excluding carboxylic acids is 1. The van der Waals surface area contributed by atoms with Gasteiger partial charge in [0, 0.05) is 12.6 Å². The quantitative estimate of drug-likeness (QED) is 0.605. The van der Waals surface area contributed by atoms with Gasteiger partial charge < -0.3 is 10.1 Å². The minimum atomic E-state index is -3.75. The van der Waals surface area contributed by atoms with E-state index in [-0.39, 0.29) is 10.6 Å². The van der Waals surface area contributed by atoms with Crippen LogP contribution in [0.5, 0.6) is 5.75 Å². The SMILES string of the molecule is Cc1cc(S(=O)(=O)N2CCc3ccccc32)ccc1OCC(=O)Nc1cc(F)ccc1F. The molecule has 32 heavy (non-hydrogen) atoms. The van der Waals surface area contributed by atoms with Crippen molar-refractivity contribution in [3.05, 3.63) is 83.4 Å². The highest BCUT2D eigenvalue weighted by Gasteiger charge is 2.30. The summed E-state index contributed by atoms with van der Waals surface area (Å²) < 4.78 is 60.0. The van der Waals surface area contributed by atoms with E-state index in [9.17, 15) is 22.0 Å². The minimum Gasteiger partial charge on any atom is -0.483 e. The molecule has 0 spiro atoms. The molecule has 3 aromatic rings. The molecule has 0 aliphatic carbocycles. The standard InChI is InChI=1S/C23H20F2N2O4S/c1-15-12-18(32(29,30)27-11-10-16-4-2-3-5-21(16)27)7-9-22(15)31-14-23(28)26-20-13-17(24)6-8-19(20)25/h2-9,12-13H,10-11,14H2,1H3,(H,26,28). The molecule has 1 aliphatic heterocycles. The van der Waals surface area contributed by atoms with Gasteiger partial charge in [0.2, 0.25) is 0 Å². The molecule has 0 bridgehead atoms. The van der Waals surface area contributed by atoms with Crippen LogP contribution in [0.1, 0.15) is 11.1 Å². The minimum absolute atomic E-state index is 0.116. The van der Waals surface area contributed by atoms with Crippen molar-refractivity contribution in [1.29, 1.82) is 0 Å². The lowest BCUT2D eigenvalue weighted by molar-refractivity contribution is -0.118. The van der Waals surface area contributed by atoms with Gasteiger partial charge in [-0.25, -0.2) is 17.2 Å². The molecule has 4 rings (SSSR count). The van der Waals surface area contributed by atoms with Crippen molar-refractivity contribution < 1.29 is 26.7 Å². The number of hydrogen-bond acceptors (Lipinski definition) is 4. The topological polar surface area (TPSA) is 75.7 Å². The van der Waals surface area contributed by atoms with Crippen molar-refractivity contribution in [3.63, 3.8) is 0 Å². The number of amides is 1. The van der Waals surface area contributed by atoms with Crippen LogP contribution >= 0.6 is 0 Å². The summed E-state index contributed by atoms with van der Waals surface area (Å²) in [6.07, 6.45) is 0.649. The van der Waals surface area contributed by atoms with E-state index >= 15 is 0 Å². The third kappa shape index (κ3) is 4.29. The molecule has 3 aromatic carbocycles. The van der Waals surface area contributed by atoms with Crippen LogP contribution in [0.2, 0.25) is 0 Å². The highest BCUT2D eigenvalue weighted by atomic mass is 32.2. The number of aryl methyl sites for hydroxylation is 1. The van der Waals surface area contributed by atoms with Gasteiger partial charge in [0.05, 0.1) is 16.3 Å². The summed E-state index contributed by atoms with van der Waals surface area (Å²) >= 11 is 0. The first-order valence-electron chi connectivity index (χ1n) is 9.85. The van der Waals surface area contributed by atoms with Gasteiger partial charge in [0.15, 0.2) is 6.61 Å². The number of hydrogen-bond donors (Lipinski definition) is 1. The summed E-state index contributed by atoms with van der Waals surface area (Å²) in [4.78, 5) is 12.2. The van der Waals surface area contributed by atoms with Crippen LogP contribution in [-0.4, -0.2) is 27.5 Å². The van der Waals surface area contributed by atoms with Crippen LogP contribution in [0.3, 0.4) is 0 Å². The Kier molecular flexibility index (Phi) is 5.84. The average molecular weight is 458 g/mol. The Morgan fingerprint density at radius 3 is 2.66 bits per heavy atom. The number of nitrogens with zero attached hydrogens (tertiary/aromatic N) is 1. The fourth-order valence-electron chi connectivity index (χ4n) is 3.55. The highest BCUT2D eigenvalue weighted by Crippen LogP contribution is 2.33. The van der Waals surface area contributed by atoms with E-state index in [1.165, 1.54) is 22.5 Å². The van der Waals surface area contributed by atoms with Gasteiger partial charge in [0.1, 0.15) is 17.4 Å². The van der Waals surface area contributed by atoms with Crippen LogP contribution in [0.4, 0.5) is 20.2 Å². The first-order chi connectivity index (χ1) is 15.3. The molecule has 166 valence electrons. The van der Waals surface area contributed by atoms with Crippen molar-refractivity contribution in [3.8, 4) is 5.75 Å². The second kappa shape index (κ2) is 8.58. The molecule has 1 N–H and O–H groups in total. The summed E-state index contributed by atoms with van der Waals surface area (Å²) in [7, 11) is -3.75. The third-order valence-corrected chi connectivity index (χ3v) is 6.95. The Labute approximate surface area is 184 Å². The number of halogens is 2. The largest absolute Gasteiger partial charge is 0.483 e. The van der Waals surface area contributed by atoms with Crippen LogP contribution < -0.4 is 14.4 Å². The molecule has 0 atom stereocenters. The fourth-order valence-corrected chi connectivity index (χ4v) is 5.14. The molecule has 1 amide bonds. The van der Waals surface area contributed by atoms with E-state index in [1.54, 1.807) is 19.1 Å². The number of para-hydroxylation sites is 1. The molecule has 0 unspecified atom stereocenters. The Morgan fingerprint density at radius 2 is 1.88 bits per heavy atom. The molecular weight excluding hydrogens is 438 g/mol. The maximum atomic E-state index is 13.7. The van der Waals surface area contributed by atoms with Crippen LogP contribution in [-0.2, 0) is 21.2 Å². The predicted molar refractivity (Wildman–Crippen MR) is 116 cm³/mol.